The van der Waals surface area contributed by atoms with Crippen LogP contribution in [0, 0.1) is 0 Å². The van der Waals surface area contributed by atoms with Crippen molar-refractivity contribution in [3.05, 3.63) is 72.8 Å². The lowest BCUT2D eigenvalue weighted by atomic mass is 10.1. The molecule has 0 aliphatic carbocycles. The Balaban J connectivity index is 2.02. The number of nitrogens with two attached hydrogens (primary N) is 1. The van der Waals surface area contributed by atoms with Gasteiger partial charge in [0.2, 0.25) is 0 Å². The Bertz CT molecular complexity index is 1010. The van der Waals surface area contributed by atoms with Gasteiger partial charge in [0.25, 0.3) is 0 Å². The molecule has 0 bridgehead atoms. The van der Waals surface area contributed by atoms with Crippen molar-refractivity contribution < 1.29 is 4.74 Å². The fraction of sp³-hybridized carbons (Fsp3) is 0.0500. The van der Waals surface area contributed by atoms with Crippen molar-refractivity contribution in [2.75, 3.05) is 12.8 Å². The van der Waals surface area contributed by atoms with E-state index in [9.17, 15) is 0 Å². The smallest absolute Gasteiger partial charge is 0.119 e. The van der Waals surface area contributed by atoms with Crippen LogP contribution in [-0.4, -0.2) is 16.9 Å². The van der Waals surface area contributed by atoms with Crippen molar-refractivity contribution in [1.82, 2.24) is 9.78 Å². The Kier molecular flexibility index (Phi) is 3.43. The second kappa shape index (κ2) is 5.74. The summed E-state index contributed by atoms with van der Waals surface area (Å²) in [6, 6.07) is 23.9. The van der Waals surface area contributed by atoms with E-state index in [1.165, 1.54) is 0 Å². The minimum Gasteiger partial charge on any atom is -0.497 e. The maximum Gasteiger partial charge on any atom is 0.119 e. The molecule has 0 radical (unpaired) electrons. The lowest BCUT2D eigenvalue weighted by Gasteiger charge is -2.05. The van der Waals surface area contributed by atoms with Gasteiger partial charge in [-0.25, -0.2) is 4.68 Å². The third-order valence-corrected chi connectivity index (χ3v) is 4.05. The molecule has 0 saturated carbocycles. The molecule has 0 spiro atoms. The Morgan fingerprint density at radius 3 is 2.50 bits per heavy atom. The number of anilines is 1. The molecule has 118 valence electrons. The van der Waals surface area contributed by atoms with Crippen LogP contribution >= 0.6 is 0 Å². The van der Waals surface area contributed by atoms with E-state index in [1.807, 2.05) is 65.3 Å². The standard InChI is InChI=1S/C20H17N3O/c1-24-17-10-11-19-18(13-17)20(14-6-3-2-4-7-14)22-23(19)16-9-5-8-15(21)12-16/h2-13H,21H2,1H3. The minimum absolute atomic E-state index is 0.714. The van der Waals surface area contributed by atoms with Crippen LogP contribution < -0.4 is 10.5 Å². The first-order valence-electron chi connectivity index (χ1n) is 7.74. The number of hydrogen-bond acceptors (Lipinski definition) is 3. The van der Waals surface area contributed by atoms with Crippen LogP contribution in [0.4, 0.5) is 5.69 Å². The summed E-state index contributed by atoms with van der Waals surface area (Å²) < 4.78 is 7.31. The van der Waals surface area contributed by atoms with Crippen molar-refractivity contribution in [3.63, 3.8) is 0 Å². The van der Waals surface area contributed by atoms with E-state index in [1.54, 1.807) is 7.11 Å². The summed E-state index contributed by atoms with van der Waals surface area (Å²) in [7, 11) is 1.67. The zero-order valence-corrected chi connectivity index (χ0v) is 13.3. The van der Waals surface area contributed by atoms with E-state index in [4.69, 9.17) is 15.6 Å². The van der Waals surface area contributed by atoms with Crippen LogP contribution in [-0.2, 0) is 0 Å². The Labute approximate surface area is 140 Å². The quantitative estimate of drug-likeness (QED) is 0.574. The van der Waals surface area contributed by atoms with Gasteiger partial charge in [-0.05, 0) is 36.4 Å². The molecule has 4 rings (SSSR count). The number of rotatable bonds is 3. The lowest BCUT2D eigenvalue weighted by Crippen LogP contribution is -1.97. The van der Waals surface area contributed by atoms with E-state index in [0.29, 0.717) is 5.69 Å². The monoisotopic (exact) mass is 315 g/mol. The average Bonchev–Trinajstić information content (AvgIpc) is 3.01. The van der Waals surface area contributed by atoms with Crippen LogP contribution in [0.15, 0.2) is 72.8 Å². The summed E-state index contributed by atoms with van der Waals surface area (Å²) in [5.74, 6) is 0.812. The van der Waals surface area contributed by atoms with Gasteiger partial charge in [-0.2, -0.15) is 5.10 Å². The minimum atomic E-state index is 0.714. The van der Waals surface area contributed by atoms with Crippen LogP contribution in [0.5, 0.6) is 5.75 Å². The number of nitrogen functional groups attached to an aromatic ring is 1. The summed E-state index contributed by atoms with van der Waals surface area (Å²) in [6.45, 7) is 0. The molecule has 1 aromatic heterocycles. The zero-order chi connectivity index (χ0) is 16.5. The van der Waals surface area contributed by atoms with Gasteiger partial charge >= 0.3 is 0 Å². The molecule has 4 heteroatoms. The number of aromatic nitrogens is 2. The van der Waals surface area contributed by atoms with Crippen LogP contribution in [0.25, 0.3) is 27.8 Å². The maximum atomic E-state index is 5.94. The van der Waals surface area contributed by atoms with E-state index in [-0.39, 0.29) is 0 Å². The molecule has 1 heterocycles. The van der Waals surface area contributed by atoms with Gasteiger partial charge in [-0.15, -0.1) is 0 Å². The van der Waals surface area contributed by atoms with Gasteiger partial charge in [-0.1, -0.05) is 36.4 Å². The van der Waals surface area contributed by atoms with Gasteiger partial charge in [0.1, 0.15) is 11.4 Å². The largest absolute Gasteiger partial charge is 0.497 e. The van der Waals surface area contributed by atoms with Crippen LogP contribution in [0.3, 0.4) is 0 Å². The molecule has 0 amide bonds. The fourth-order valence-corrected chi connectivity index (χ4v) is 2.89. The second-order valence-electron chi connectivity index (χ2n) is 5.60. The molecule has 0 aliphatic heterocycles. The molecule has 0 saturated heterocycles. The topological polar surface area (TPSA) is 53.1 Å². The molecule has 3 aromatic carbocycles. The molecule has 2 N–H and O–H groups in total. The van der Waals surface area contributed by atoms with Crippen LogP contribution in [0.2, 0.25) is 0 Å². The first-order chi connectivity index (χ1) is 11.8. The molecule has 24 heavy (non-hydrogen) atoms. The predicted molar refractivity (Wildman–Crippen MR) is 97.5 cm³/mol. The molecule has 0 unspecified atom stereocenters. The first-order valence-corrected chi connectivity index (χ1v) is 7.74. The number of methoxy groups -OCH3 is 1. The highest BCUT2D eigenvalue weighted by Gasteiger charge is 2.14. The van der Waals surface area contributed by atoms with E-state index >= 15 is 0 Å². The number of ether oxygens (including phenoxy) is 1. The summed E-state index contributed by atoms with van der Waals surface area (Å²) in [4.78, 5) is 0. The van der Waals surface area contributed by atoms with Gasteiger partial charge < -0.3 is 10.5 Å². The zero-order valence-electron chi connectivity index (χ0n) is 13.3. The third-order valence-electron chi connectivity index (χ3n) is 4.05. The maximum absolute atomic E-state index is 5.94. The van der Waals surface area contributed by atoms with Gasteiger partial charge in [-0.3, -0.25) is 0 Å². The highest BCUT2D eigenvalue weighted by Crippen LogP contribution is 2.32. The van der Waals surface area contributed by atoms with Gasteiger partial charge in [0.05, 0.1) is 18.3 Å². The van der Waals surface area contributed by atoms with Crippen molar-refractivity contribution in [2.45, 2.75) is 0 Å². The molecule has 4 aromatic rings. The highest BCUT2D eigenvalue weighted by atomic mass is 16.5. The second-order valence-corrected chi connectivity index (χ2v) is 5.60. The van der Waals surface area contributed by atoms with Crippen molar-refractivity contribution in [2.24, 2.45) is 0 Å². The van der Waals surface area contributed by atoms with E-state index in [2.05, 4.69) is 12.1 Å². The fourth-order valence-electron chi connectivity index (χ4n) is 2.89. The molecule has 4 nitrogen and oxygen atoms in total. The van der Waals surface area contributed by atoms with E-state index in [0.717, 1.165) is 33.6 Å². The normalized spacial score (nSPS) is 10.9. The van der Waals surface area contributed by atoms with Crippen LogP contribution in [0.1, 0.15) is 0 Å². The first kappa shape index (κ1) is 14.3. The molecule has 0 atom stereocenters. The van der Waals surface area contributed by atoms with E-state index < -0.39 is 0 Å². The Hall–Kier alpha value is -3.27. The van der Waals surface area contributed by atoms with Crippen molar-refractivity contribution >= 4 is 16.6 Å². The third kappa shape index (κ3) is 2.38. The van der Waals surface area contributed by atoms with Gasteiger partial charge in [0.15, 0.2) is 0 Å². The van der Waals surface area contributed by atoms with Crippen molar-refractivity contribution in [3.8, 4) is 22.7 Å². The lowest BCUT2D eigenvalue weighted by molar-refractivity contribution is 0.415. The molecule has 0 aliphatic rings. The summed E-state index contributed by atoms with van der Waals surface area (Å²) >= 11 is 0. The molecular formula is C20H17N3O. The summed E-state index contributed by atoms with van der Waals surface area (Å²) in [5.41, 5.74) is 10.6. The summed E-state index contributed by atoms with van der Waals surface area (Å²) in [6.07, 6.45) is 0. The average molecular weight is 315 g/mol. The number of benzene rings is 3. The molecular weight excluding hydrogens is 298 g/mol. The molecule has 0 fully saturated rings. The number of fused-ring (bicyclic) bond motifs is 1. The number of nitrogens with zero attached hydrogens (tertiary/aromatic N) is 2. The SMILES string of the molecule is COc1ccc2c(c1)c(-c1ccccc1)nn2-c1cccc(N)c1. The van der Waals surface area contributed by atoms with Gasteiger partial charge in [0, 0.05) is 16.6 Å². The highest BCUT2D eigenvalue weighted by molar-refractivity contribution is 5.95. The Morgan fingerprint density at radius 1 is 0.917 bits per heavy atom. The van der Waals surface area contributed by atoms with Crippen molar-refractivity contribution in [1.29, 1.82) is 0 Å². The predicted octanol–water partition coefficient (Wildman–Crippen LogP) is 4.28. The number of hydrogen-bond donors (Lipinski definition) is 1. The summed E-state index contributed by atoms with van der Waals surface area (Å²) in [5, 5.41) is 5.90. The Morgan fingerprint density at radius 2 is 1.75 bits per heavy atom.